The van der Waals surface area contributed by atoms with Crippen LogP contribution >= 0.6 is 0 Å². The molecule has 1 spiro atoms. The van der Waals surface area contributed by atoms with E-state index in [0.717, 1.165) is 37.6 Å². The highest BCUT2D eigenvalue weighted by atomic mass is 16.7. The van der Waals surface area contributed by atoms with E-state index in [2.05, 4.69) is 20.6 Å². The van der Waals surface area contributed by atoms with E-state index in [4.69, 9.17) is 15.6 Å². The largest absolute Gasteiger partial charge is 0.380 e. The van der Waals surface area contributed by atoms with Crippen molar-refractivity contribution in [2.75, 3.05) is 42.0 Å². The predicted molar refractivity (Wildman–Crippen MR) is 104 cm³/mol. The van der Waals surface area contributed by atoms with Crippen molar-refractivity contribution in [3.05, 3.63) is 48.3 Å². The van der Waals surface area contributed by atoms with Gasteiger partial charge in [0.1, 0.15) is 5.82 Å². The molecule has 5 rings (SSSR count). The Labute approximate surface area is 158 Å². The van der Waals surface area contributed by atoms with Crippen LogP contribution in [0.2, 0.25) is 0 Å². The van der Waals surface area contributed by atoms with Crippen LogP contribution in [0.3, 0.4) is 0 Å². The number of nitrogens with two attached hydrogens (primary N) is 1. The summed E-state index contributed by atoms with van der Waals surface area (Å²) in [5.74, 6) is 2.34. The molecule has 3 aliphatic heterocycles. The molecule has 1 unspecified atom stereocenters. The molecule has 0 radical (unpaired) electrons. The van der Waals surface area contributed by atoms with Gasteiger partial charge in [-0.2, -0.15) is 0 Å². The molecule has 27 heavy (non-hydrogen) atoms. The Morgan fingerprint density at radius 1 is 1.19 bits per heavy atom. The summed E-state index contributed by atoms with van der Waals surface area (Å²) in [6.07, 6.45) is 5.94. The molecular weight excluding hydrogens is 342 g/mol. The van der Waals surface area contributed by atoms with E-state index < -0.39 is 0 Å². The molecule has 0 aliphatic carbocycles. The van der Waals surface area contributed by atoms with Gasteiger partial charge >= 0.3 is 0 Å². The summed E-state index contributed by atoms with van der Waals surface area (Å²) in [5.41, 5.74) is 10.5. The van der Waals surface area contributed by atoms with Gasteiger partial charge in [-0.25, -0.2) is 9.97 Å². The van der Waals surface area contributed by atoms with Gasteiger partial charge in [0.15, 0.2) is 11.6 Å². The van der Waals surface area contributed by atoms with Crippen LogP contribution in [0.1, 0.15) is 18.4 Å². The summed E-state index contributed by atoms with van der Waals surface area (Å²) in [6, 6.07) is 9.89. The van der Waals surface area contributed by atoms with Gasteiger partial charge in [-0.05, 0) is 19.4 Å². The Morgan fingerprint density at radius 2 is 2.07 bits per heavy atom. The second-order valence-corrected chi connectivity index (χ2v) is 7.42. The zero-order chi connectivity index (χ0) is 18.3. The van der Waals surface area contributed by atoms with Gasteiger partial charge in [-0.1, -0.05) is 35.5 Å². The molecule has 8 heteroatoms. The van der Waals surface area contributed by atoms with Gasteiger partial charge in [-0.3, -0.25) is 5.43 Å². The summed E-state index contributed by atoms with van der Waals surface area (Å²) in [4.78, 5) is 17.3. The Morgan fingerprint density at radius 3 is 2.89 bits per heavy atom. The smallest absolute Gasteiger partial charge is 0.232 e. The van der Waals surface area contributed by atoms with E-state index >= 15 is 0 Å². The highest BCUT2D eigenvalue weighted by molar-refractivity contribution is 5.66. The molecule has 140 valence electrons. The van der Waals surface area contributed by atoms with Gasteiger partial charge in [0, 0.05) is 30.6 Å². The van der Waals surface area contributed by atoms with Crippen LogP contribution in [0, 0.1) is 5.41 Å². The third kappa shape index (κ3) is 2.91. The number of nitrogen functional groups attached to an aromatic ring is 1. The summed E-state index contributed by atoms with van der Waals surface area (Å²) < 4.78 is 0. The predicted octanol–water partition coefficient (Wildman–Crippen LogP) is 1.50. The average Bonchev–Trinajstić information content (AvgIpc) is 3.45. The highest BCUT2D eigenvalue weighted by Gasteiger charge is 2.41. The van der Waals surface area contributed by atoms with Gasteiger partial charge in [0.05, 0.1) is 12.4 Å². The monoisotopic (exact) mass is 365 g/mol. The van der Waals surface area contributed by atoms with E-state index in [-0.39, 0.29) is 0 Å². The number of hydrogen-bond acceptors (Lipinski definition) is 8. The molecule has 2 fully saturated rings. The number of aromatic nitrogens is 2. The van der Waals surface area contributed by atoms with Gasteiger partial charge in [0.2, 0.25) is 5.82 Å². The SMILES string of the molecule is Nc1ncc(N2CCC3(CCNC3)C2)nc1N1NC=C(c2ccccc2)O1. The minimum Gasteiger partial charge on any atom is -0.380 e. The Kier molecular flexibility index (Phi) is 3.78. The number of hydrogen-bond donors (Lipinski definition) is 3. The van der Waals surface area contributed by atoms with Crippen molar-refractivity contribution in [2.45, 2.75) is 12.8 Å². The van der Waals surface area contributed by atoms with Crippen molar-refractivity contribution in [1.29, 1.82) is 0 Å². The topological polar surface area (TPSA) is 91.6 Å². The minimum absolute atomic E-state index is 0.324. The summed E-state index contributed by atoms with van der Waals surface area (Å²) >= 11 is 0. The maximum Gasteiger partial charge on any atom is 0.232 e. The molecule has 1 aromatic carbocycles. The fourth-order valence-electron chi connectivity index (χ4n) is 4.07. The van der Waals surface area contributed by atoms with Crippen molar-refractivity contribution in [2.24, 2.45) is 5.41 Å². The quantitative estimate of drug-likeness (QED) is 0.754. The number of rotatable bonds is 3. The maximum absolute atomic E-state index is 6.08. The molecule has 4 N–H and O–H groups in total. The van der Waals surface area contributed by atoms with Crippen LogP contribution in [-0.2, 0) is 4.84 Å². The van der Waals surface area contributed by atoms with Crippen molar-refractivity contribution in [3.8, 4) is 0 Å². The van der Waals surface area contributed by atoms with E-state index in [1.54, 1.807) is 12.4 Å². The molecule has 1 atom stereocenters. The molecule has 8 nitrogen and oxygen atoms in total. The van der Waals surface area contributed by atoms with Crippen molar-refractivity contribution in [1.82, 2.24) is 20.7 Å². The van der Waals surface area contributed by atoms with Crippen LogP contribution in [0.25, 0.3) is 5.76 Å². The molecule has 0 saturated carbocycles. The number of nitrogens with zero attached hydrogens (tertiary/aromatic N) is 4. The molecular formula is C19H23N7O. The highest BCUT2D eigenvalue weighted by Crippen LogP contribution is 2.38. The number of nitrogens with one attached hydrogen (secondary N) is 2. The standard InChI is InChI=1S/C19H23N7O/c20-17-18(26-23-10-15(27-26)14-4-2-1-3-5-14)24-16(11-22-17)25-9-7-19(13-25)6-8-21-12-19/h1-5,10-11,21,23H,6-9,12-13H2,(H2,20,22). The summed E-state index contributed by atoms with van der Waals surface area (Å²) in [6.45, 7) is 4.17. The first-order chi connectivity index (χ1) is 13.2. The van der Waals surface area contributed by atoms with E-state index in [1.807, 2.05) is 30.3 Å². The Hall–Kier alpha value is -3.00. The normalized spacial score (nSPS) is 24.2. The van der Waals surface area contributed by atoms with E-state index in [1.165, 1.54) is 18.0 Å². The summed E-state index contributed by atoms with van der Waals surface area (Å²) in [5, 5.41) is 4.95. The lowest BCUT2D eigenvalue weighted by Crippen LogP contribution is -2.32. The van der Waals surface area contributed by atoms with Crippen molar-refractivity contribution < 1.29 is 4.84 Å². The van der Waals surface area contributed by atoms with Crippen LogP contribution < -0.4 is 26.5 Å². The van der Waals surface area contributed by atoms with Crippen molar-refractivity contribution >= 4 is 23.2 Å². The first-order valence-electron chi connectivity index (χ1n) is 9.31. The van der Waals surface area contributed by atoms with Crippen LogP contribution in [0.15, 0.2) is 42.7 Å². The number of hydrazine groups is 1. The zero-order valence-corrected chi connectivity index (χ0v) is 15.1. The van der Waals surface area contributed by atoms with Crippen LogP contribution in [0.4, 0.5) is 17.5 Å². The third-order valence-electron chi connectivity index (χ3n) is 5.62. The number of benzene rings is 1. The van der Waals surface area contributed by atoms with Crippen LogP contribution in [-0.4, -0.2) is 36.1 Å². The number of anilines is 3. The Balaban J connectivity index is 1.35. The fourth-order valence-corrected chi connectivity index (χ4v) is 4.07. The van der Waals surface area contributed by atoms with Gasteiger partial charge < -0.3 is 20.8 Å². The lowest BCUT2D eigenvalue weighted by atomic mass is 9.87. The average molecular weight is 365 g/mol. The molecule has 0 amide bonds. The van der Waals surface area contributed by atoms with Crippen LogP contribution in [0.5, 0.6) is 0 Å². The molecule has 3 aliphatic rings. The second-order valence-electron chi connectivity index (χ2n) is 7.42. The van der Waals surface area contributed by atoms with E-state index in [0.29, 0.717) is 22.8 Å². The lowest BCUT2D eigenvalue weighted by molar-refractivity contribution is 0.241. The first-order valence-corrected chi connectivity index (χ1v) is 9.31. The minimum atomic E-state index is 0.324. The second kappa shape index (κ2) is 6.31. The fraction of sp³-hybridized carbons (Fsp3) is 0.368. The first kappa shape index (κ1) is 16.2. The molecule has 1 aromatic heterocycles. The summed E-state index contributed by atoms with van der Waals surface area (Å²) in [7, 11) is 0. The molecule has 2 saturated heterocycles. The Bertz CT molecular complexity index is 864. The molecule has 0 bridgehead atoms. The van der Waals surface area contributed by atoms with Gasteiger partial charge in [0.25, 0.3) is 0 Å². The zero-order valence-electron chi connectivity index (χ0n) is 15.1. The lowest BCUT2D eigenvalue weighted by Gasteiger charge is -2.24. The maximum atomic E-state index is 6.08. The van der Waals surface area contributed by atoms with Gasteiger partial charge in [-0.15, -0.1) is 0 Å². The van der Waals surface area contributed by atoms with E-state index in [9.17, 15) is 0 Å². The molecule has 4 heterocycles. The third-order valence-corrected chi connectivity index (χ3v) is 5.62. The van der Waals surface area contributed by atoms with Crippen molar-refractivity contribution in [3.63, 3.8) is 0 Å². The molecule has 2 aromatic rings.